The first-order chi connectivity index (χ1) is 8.39. The maximum atomic E-state index is 5.71. The van der Waals surface area contributed by atoms with E-state index in [9.17, 15) is 0 Å². The molecule has 108 valence electrons. The Balaban J connectivity index is 2.15. The third-order valence-electron chi connectivity index (χ3n) is 3.70. The highest BCUT2D eigenvalue weighted by Gasteiger charge is 2.28. The SMILES string of the molecule is CC(C)CCOCCN1CCNC(C(C)(C)C)C1. The average molecular weight is 256 g/mol. The van der Waals surface area contributed by atoms with Crippen molar-refractivity contribution in [3.05, 3.63) is 0 Å². The molecule has 0 aliphatic carbocycles. The minimum Gasteiger partial charge on any atom is -0.380 e. The lowest BCUT2D eigenvalue weighted by Crippen LogP contribution is -2.56. The third kappa shape index (κ3) is 6.17. The Morgan fingerprint density at radius 1 is 1.28 bits per heavy atom. The summed E-state index contributed by atoms with van der Waals surface area (Å²) in [4.78, 5) is 2.53. The lowest BCUT2D eigenvalue weighted by molar-refractivity contribution is 0.0720. The van der Waals surface area contributed by atoms with Crippen LogP contribution in [0.4, 0.5) is 0 Å². The van der Waals surface area contributed by atoms with Crippen LogP contribution in [-0.2, 0) is 4.74 Å². The summed E-state index contributed by atoms with van der Waals surface area (Å²) in [5.74, 6) is 0.745. The smallest absolute Gasteiger partial charge is 0.0593 e. The highest BCUT2D eigenvalue weighted by Crippen LogP contribution is 2.21. The van der Waals surface area contributed by atoms with Gasteiger partial charge in [-0.1, -0.05) is 34.6 Å². The predicted molar refractivity (Wildman–Crippen MR) is 78.0 cm³/mol. The number of piperazine rings is 1. The summed E-state index contributed by atoms with van der Waals surface area (Å²) in [6.07, 6.45) is 1.17. The van der Waals surface area contributed by atoms with Gasteiger partial charge in [0, 0.05) is 38.8 Å². The van der Waals surface area contributed by atoms with Gasteiger partial charge in [-0.2, -0.15) is 0 Å². The van der Waals surface area contributed by atoms with Gasteiger partial charge >= 0.3 is 0 Å². The summed E-state index contributed by atoms with van der Waals surface area (Å²) in [6, 6.07) is 0.599. The first-order valence-electron chi connectivity index (χ1n) is 7.43. The van der Waals surface area contributed by atoms with E-state index in [0.29, 0.717) is 11.5 Å². The number of hydrogen-bond acceptors (Lipinski definition) is 3. The number of rotatable bonds is 6. The van der Waals surface area contributed by atoms with E-state index in [0.717, 1.165) is 45.3 Å². The monoisotopic (exact) mass is 256 g/mol. The lowest BCUT2D eigenvalue weighted by atomic mass is 9.85. The molecule has 0 aromatic rings. The Morgan fingerprint density at radius 3 is 2.61 bits per heavy atom. The Labute approximate surface area is 113 Å². The normalized spacial score (nSPS) is 22.7. The molecule has 0 spiro atoms. The first kappa shape index (κ1) is 15.9. The largest absolute Gasteiger partial charge is 0.380 e. The molecule has 0 radical (unpaired) electrons. The van der Waals surface area contributed by atoms with Crippen LogP contribution in [0, 0.1) is 11.3 Å². The van der Waals surface area contributed by atoms with Crippen LogP contribution in [0.5, 0.6) is 0 Å². The summed E-state index contributed by atoms with van der Waals surface area (Å²) in [7, 11) is 0. The molecule has 0 aromatic carbocycles. The molecule has 1 atom stereocenters. The van der Waals surface area contributed by atoms with Crippen molar-refractivity contribution in [1.29, 1.82) is 0 Å². The fourth-order valence-electron chi connectivity index (χ4n) is 2.21. The molecule has 1 fully saturated rings. The molecule has 1 heterocycles. The molecule has 1 rings (SSSR count). The van der Waals surface area contributed by atoms with Crippen LogP contribution in [0.3, 0.4) is 0 Å². The summed E-state index contributed by atoms with van der Waals surface area (Å²) < 4.78 is 5.71. The molecule has 0 aromatic heterocycles. The zero-order valence-corrected chi connectivity index (χ0v) is 13.0. The second-order valence-corrected chi connectivity index (χ2v) is 6.97. The molecule has 3 nitrogen and oxygen atoms in total. The van der Waals surface area contributed by atoms with Gasteiger partial charge in [-0.05, 0) is 17.8 Å². The minimum atomic E-state index is 0.344. The zero-order chi connectivity index (χ0) is 13.6. The van der Waals surface area contributed by atoms with Crippen molar-refractivity contribution < 1.29 is 4.74 Å². The first-order valence-corrected chi connectivity index (χ1v) is 7.43. The highest BCUT2D eigenvalue weighted by atomic mass is 16.5. The number of ether oxygens (including phenoxy) is 1. The second-order valence-electron chi connectivity index (χ2n) is 6.97. The molecule has 3 heteroatoms. The van der Waals surface area contributed by atoms with E-state index in [4.69, 9.17) is 4.74 Å². The predicted octanol–water partition coefficient (Wildman–Crippen LogP) is 2.37. The lowest BCUT2D eigenvalue weighted by Gasteiger charge is -2.40. The fourth-order valence-corrected chi connectivity index (χ4v) is 2.21. The Bertz CT molecular complexity index is 223. The standard InChI is InChI=1S/C15H32N2O/c1-13(2)6-10-18-11-9-17-8-7-16-14(12-17)15(3,4)5/h13-14,16H,6-12H2,1-5H3. The van der Waals surface area contributed by atoms with Gasteiger partial charge in [0.1, 0.15) is 0 Å². The van der Waals surface area contributed by atoms with Crippen molar-refractivity contribution >= 4 is 0 Å². The van der Waals surface area contributed by atoms with Gasteiger partial charge in [0.15, 0.2) is 0 Å². The molecule has 0 saturated carbocycles. The van der Waals surface area contributed by atoms with E-state index >= 15 is 0 Å². The van der Waals surface area contributed by atoms with Gasteiger partial charge < -0.3 is 10.1 Å². The number of hydrogen-bond donors (Lipinski definition) is 1. The van der Waals surface area contributed by atoms with Crippen LogP contribution in [0.15, 0.2) is 0 Å². The quantitative estimate of drug-likeness (QED) is 0.738. The van der Waals surface area contributed by atoms with E-state index in [-0.39, 0.29) is 0 Å². The van der Waals surface area contributed by atoms with Gasteiger partial charge in [-0.3, -0.25) is 4.90 Å². The van der Waals surface area contributed by atoms with Crippen LogP contribution in [0.25, 0.3) is 0 Å². The van der Waals surface area contributed by atoms with Crippen molar-refractivity contribution in [2.45, 2.75) is 47.1 Å². The van der Waals surface area contributed by atoms with E-state index in [1.807, 2.05) is 0 Å². The van der Waals surface area contributed by atoms with E-state index in [1.54, 1.807) is 0 Å². The second kappa shape index (κ2) is 7.46. The molecule has 18 heavy (non-hydrogen) atoms. The van der Waals surface area contributed by atoms with Crippen LogP contribution >= 0.6 is 0 Å². The minimum absolute atomic E-state index is 0.344. The molecular formula is C15H32N2O. The molecule has 1 unspecified atom stereocenters. The summed E-state index contributed by atoms with van der Waals surface area (Å²) in [5.41, 5.74) is 0.344. The van der Waals surface area contributed by atoms with Crippen LogP contribution in [0.2, 0.25) is 0 Å². The topological polar surface area (TPSA) is 24.5 Å². The zero-order valence-electron chi connectivity index (χ0n) is 13.0. The van der Waals surface area contributed by atoms with Crippen LogP contribution < -0.4 is 5.32 Å². The Kier molecular flexibility index (Phi) is 6.61. The van der Waals surface area contributed by atoms with Crippen molar-refractivity contribution in [2.75, 3.05) is 39.4 Å². The van der Waals surface area contributed by atoms with Gasteiger partial charge in [-0.25, -0.2) is 0 Å². The van der Waals surface area contributed by atoms with Gasteiger partial charge in [0.2, 0.25) is 0 Å². The third-order valence-corrected chi connectivity index (χ3v) is 3.70. The summed E-state index contributed by atoms with van der Waals surface area (Å²) in [6.45, 7) is 17.7. The molecular weight excluding hydrogens is 224 g/mol. The fraction of sp³-hybridized carbons (Fsp3) is 1.00. The highest BCUT2D eigenvalue weighted by molar-refractivity contribution is 4.87. The molecule has 1 aliphatic rings. The average Bonchev–Trinajstić information content (AvgIpc) is 2.27. The molecule has 0 bridgehead atoms. The van der Waals surface area contributed by atoms with Gasteiger partial charge in [-0.15, -0.1) is 0 Å². The van der Waals surface area contributed by atoms with Gasteiger partial charge in [0.25, 0.3) is 0 Å². The van der Waals surface area contributed by atoms with E-state index in [1.165, 1.54) is 6.42 Å². The van der Waals surface area contributed by atoms with Crippen molar-refractivity contribution in [1.82, 2.24) is 10.2 Å². The van der Waals surface area contributed by atoms with Crippen LogP contribution in [-0.4, -0.2) is 50.3 Å². The van der Waals surface area contributed by atoms with Gasteiger partial charge in [0.05, 0.1) is 6.61 Å². The molecule has 0 amide bonds. The van der Waals surface area contributed by atoms with E-state index < -0.39 is 0 Å². The summed E-state index contributed by atoms with van der Waals surface area (Å²) >= 11 is 0. The van der Waals surface area contributed by atoms with Crippen molar-refractivity contribution in [2.24, 2.45) is 11.3 Å². The maximum Gasteiger partial charge on any atom is 0.0593 e. The Hall–Kier alpha value is -0.120. The van der Waals surface area contributed by atoms with Crippen molar-refractivity contribution in [3.63, 3.8) is 0 Å². The maximum absolute atomic E-state index is 5.71. The molecule has 1 aliphatic heterocycles. The molecule has 1 N–H and O–H groups in total. The van der Waals surface area contributed by atoms with Crippen molar-refractivity contribution in [3.8, 4) is 0 Å². The number of nitrogens with zero attached hydrogens (tertiary/aromatic N) is 1. The van der Waals surface area contributed by atoms with E-state index in [2.05, 4.69) is 44.8 Å². The Morgan fingerprint density at radius 2 is 2.00 bits per heavy atom. The summed E-state index contributed by atoms with van der Waals surface area (Å²) in [5, 5.41) is 3.62. The number of nitrogens with one attached hydrogen (secondary N) is 1. The molecule has 1 saturated heterocycles. The van der Waals surface area contributed by atoms with Crippen LogP contribution in [0.1, 0.15) is 41.0 Å².